The minimum atomic E-state index is 0. The first-order valence-electron chi connectivity index (χ1n) is 1.73. The maximum absolute atomic E-state index is 5.36. The zero-order valence-electron chi connectivity index (χ0n) is 3.93. The van der Waals surface area contributed by atoms with Crippen LogP contribution < -0.4 is 0 Å². The first-order chi connectivity index (χ1) is 3.39. The Bertz CT molecular complexity index is 144. The van der Waals surface area contributed by atoms with Crippen LogP contribution in [0.4, 0.5) is 0 Å². The number of nitrogens with zero attached hydrogens (tertiary/aromatic N) is 2. The molecule has 2 nitrogen and oxygen atoms in total. The van der Waals surface area contributed by atoms with Crippen LogP contribution in [0.3, 0.4) is 0 Å². The van der Waals surface area contributed by atoms with Gasteiger partial charge in [-0.3, -0.25) is 0 Å². The van der Waals surface area contributed by atoms with Crippen LogP contribution in [0.5, 0.6) is 0 Å². The van der Waals surface area contributed by atoms with Crippen molar-refractivity contribution >= 4 is 11.6 Å². The Kier molecular flexibility index (Phi) is 5.04. The molecule has 0 atom stereocenters. The fraction of sp³-hybridized carbons (Fsp3) is 0. The number of rotatable bonds is 0. The van der Waals surface area contributed by atoms with E-state index in [4.69, 9.17) is 11.6 Å². The number of hydrogen-bond donors (Lipinski definition) is 0. The second-order valence-corrected chi connectivity index (χ2v) is 1.36. The zero-order chi connectivity index (χ0) is 5.11. The van der Waals surface area contributed by atoms with Gasteiger partial charge in [-0.25, -0.2) is 0 Å². The van der Waals surface area contributed by atoms with Gasteiger partial charge < -0.3 is 9.97 Å². The average Bonchev–Trinajstić information content (AvgIpc) is 1.69. The molecule has 0 aromatic carbocycles. The van der Waals surface area contributed by atoms with Crippen molar-refractivity contribution in [3.63, 3.8) is 0 Å². The molecule has 8 heavy (non-hydrogen) atoms. The molecule has 0 fully saturated rings. The molecule has 1 heterocycles. The molecule has 0 spiro atoms. The summed E-state index contributed by atoms with van der Waals surface area (Å²) in [6.45, 7) is 0. The Morgan fingerprint density at radius 3 is 2.62 bits per heavy atom. The minimum Gasteiger partial charge on any atom is -0.376 e. The van der Waals surface area contributed by atoms with Crippen LogP contribution in [0.2, 0.25) is 5.15 Å². The van der Waals surface area contributed by atoms with Crippen molar-refractivity contribution in [3.05, 3.63) is 23.7 Å². The normalized spacial score (nSPS) is 7.62. The number of aromatic nitrogens is 2. The first kappa shape index (κ1) is 8.75. The summed E-state index contributed by atoms with van der Waals surface area (Å²) in [6.07, 6.45) is 3.87. The van der Waals surface area contributed by atoms with Crippen molar-refractivity contribution < 1.29 is 41.7 Å². The predicted molar refractivity (Wildman–Crippen MR) is 25.9 cm³/mol. The van der Waals surface area contributed by atoms with Gasteiger partial charge in [-0.15, -0.1) is 17.7 Å². The molecule has 40 valence electrons. The van der Waals surface area contributed by atoms with Crippen LogP contribution in [0.25, 0.3) is 0 Å². The van der Waals surface area contributed by atoms with Crippen molar-refractivity contribution in [2.75, 3.05) is 0 Å². The summed E-state index contributed by atoms with van der Waals surface area (Å²) in [6, 6.07) is 1.50. The van der Waals surface area contributed by atoms with Crippen molar-refractivity contribution in [1.82, 2.24) is 9.97 Å². The molecule has 0 bridgehead atoms. The summed E-state index contributed by atoms with van der Waals surface area (Å²) in [7, 11) is 0. The summed E-state index contributed by atoms with van der Waals surface area (Å²) in [5, 5.41) is 0.426. The Balaban J connectivity index is 0.000000490. The SMILES string of the molecule is Clc1c[c-]ncn1.[Ce]. The molecule has 0 amide bonds. The van der Waals surface area contributed by atoms with E-state index in [2.05, 4.69) is 16.2 Å². The monoisotopic (exact) mass is 253 g/mol. The molecule has 1 aromatic rings. The van der Waals surface area contributed by atoms with Crippen LogP contribution in [-0.2, 0) is 0 Å². The van der Waals surface area contributed by atoms with E-state index in [9.17, 15) is 0 Å². The van der Waals surface area contributed by atoms with Crippen molar-refractivity contribution in [3.8, 4) is 0 Å². The maximum Gasteiger partial charge on any atom is 0.0171 e. The molecule has 0 aliphatic carbocycles. The summed E-state index contributed by atoms with van der Waals surface area (Å²) in [5.41, 5.74) is 0. The summed E-state index contributed by atoms with van der Waals surface area (Å²) >= 11 is 5.36. The molecular formula is C4H2CeClN2-. The van der Waals surface area contributed by atoms with Crippen molar-refractivity contribution in [1.29, 1.82) is 0 Å². The first-order valence-corrected chi connectivity index (χ1v) is 2.11. The summed E-state index contributed by atoms with van der Waals surface area (Å²) < 4.78 is 0. The van der Waals surface area contributed by atoms with Gasteiger partial charge in [0.2, 0.25) is 0 Å². The van der Waals surface area contributed by atoms with Crippen molar-refractivity contribution in [2.45, 2.75) is 0 Å². The smallest absolute Gasteiger partial charge is 0.0171 e. The van der Waals surface area contributed by atoms with Gasteiger partial charge in [-0.1, -0.05) is 6.20 Å². The third kappa shape index (κ3) is 2.91. The van der Waals surface area contributed by atoms with E-state index in [1.54, 1.807) is 0 Å². The van der Waals surface area contributed by atoms with E-state index < -0.39 is 0 Å². The summed E-state index contributed by atoms with van der Waals surface area (Å²) in [5.74, 6) is 0. The molecule has 0 aliphatic rings. The molecule has 0 aliphatic heterocycles. The molecule has 0 radical (unpaired) electrons. The molecule has 0 saturated heterocycles. The predicted octanol–water partition coefficient (Wildman–Crippen LogP) is 0.930. The standard InChI is InChI=1S/C4H2ClN2.Ce/c5-4-1-2-6-3-7-4;/h1,3H;/q-1;. The third-order valence-corrected chi connectivity index (χ3v) is 0.704. The van der Waals surface area contributed by atoms with Crippen LogP contribution >= 0.6 is 11.6 Å². The fourth-order valence-corrected chi connectivity index (χ4v) is 0.338. The largest absolute Gasteiger partial charge is 0.376 e. The van der Waals surface area contributed by atoms with Crippen molar-refractivity contribution in [2.24, 2.45) is 0 Å². The van der Waals surface area contributed by atoms with Gasteiger partial charge in [0.1, 0.15) is 0 Å². The van der Waals surface area contributed by atoms with E-state index in [1.165, 1.54) is 12.4 Å². The van der Waals surface area contributed by atoms with E-state index in [0.29, 0.717) is 5.15 Å². The topological polar surface area (TPSA) is 25.8 Å². The quantitative estimate of drug-likeness (QED) is 0.508. The molecule has 4 heteroatoms. The third-order valence-electron chi connectivity index (χ3n) is 0.497. The fourth-order valence-electron chi connectivity index (χ4n) is 0.245. The molecule has 0 N–H and O–H groups in total. The molecule has 0 saturated carbocycles. The number of halogens is 1. The van der Waals surface area contributed by atoms with E-state index in [1.807, 2.05) is 0 Å². The Labute approximate surface area is 86.1 Å². The summed E-state index contributed by atoms with van der Waals surface area (Å²) in [4.78, 5) is 7.13. The van der Waals surface area contributed by atoms with Gasteiger partial charge in [0.15, 0.2) is 0 Å². The Hall–Kier alpha value is 0.747. The molecule has 0 unspecified atom stereocenters. The molecule has 1 rings (SSSR count). The van der Waals surface area contributed by atoms with Gasteiger partial charge in [-0.2, -0.15) is 0 Å². The van der Waals surface area contributed by atoms with Crippen LogP contribution in [0.15, 0.2) is 12.4 Å². The van der Waals surface area contributed by atoms with Gasteiger partial charge >= 0.3 is 0 Å². The van der Waals surface area contributed by atoms with Crippen LogP contribution in [-0.4, -0.2) is 9.97 Å². The van der Waals surface area contributed by atoms with E-state index >= 15 is 0 Å². The second-order valence-electron chi connectivity index (χ2n) is 0.970. The number of hydrogen-bond acceptors (Lipinski definition) is 2. The Morgan fingerprint density at radius 1 is 1.62 bits per heavy atom. The second kappa shape index (κ2) is 4.61. The van der Waals surface area contributed by atoms with Gasteiger partial charge in [0.25, 0.3) is 0 Å². The maximum atomic E-state index is 5.36. The van der Waals surface area contributed by atoms with Crippen LogP contribution in [0.1, 0.15) is 0 Å². The van der Waals surface area contributed by atoms with E-state index in [-0.39, 0.29) is 41.7 Å². The average molecular weight is 254 g/mol. The zero-order valence-corrected chi connectivity index (χ0v) is 7.82. The minimum absolute atomic E-state index is 0. The molecular weight excluding hydrogens is 252 g/mol. The van der Waals surface area contributed by atoms with E-state index in [0.717, 1.165) is 0 Å². The van der Waals surface area contributed by atoms with Gasteiger partial charge in [0, 0.05) is 53.2 Å². The Morgan fingerprint density at radius 2 is 2.38 bits per heavy atom. The van der Waals surface area contributed by atoms with Gasteiger partial charge in [-0.05, 0) is 0 Å². The van der Waals surface area contributed by atoms with Crippen LogP contribution in [0, 0.1) is 47.9 Å². The molecule has 1 aromatic heterocycles. The van der Waals surface area contributed by atoms with Gasteiger partial charge in [0.05, 0.1) is 0 Å².